The van der Waals surface area contributed by atoms with Crippen LogP contribution in [0.4, 0.5) is 0 Å². The lowest BCUT2D eigenvalue weighted by Crippen LogP contribution is -2.07. The van der Waals surface area contributed by atoms with Gasteiger partial charge in [-0.25, -0.2) is 4.79 Å². The van der Waals surface area contributed by atoms with Crippen LogP contribution in [0.2, 0.25) is 0 Å². The number of aliphatic carboxylic acids is 1. The molecule has 17 heavy (non-hydrogen) atoms. The molecule has 0 aromatic heterocycles. The minimum absolute atomic E-state index is 0.209. The van der Waals surface area contributed by atoms with E-state index in [1.165, 1.54) is 6.08 Å². The second kappa shape index (κ2) is 6.27. The van der Waals surface area contributed by atoms with E-state index in [0.29, 0.717) is 0 Å². The maximum absolute atomic E-state index is 10.5. The molecule has 4 heteroatoms. The fourth-order valence-corrected chi connectivity index (χ4v) is 1.20. The molecule has 1 aromatic rings. The molecule has 4 nitrogen and oxygen atoms in total. The molecule has 0 saturated carbocycles. The Morgan fingerprint density at radius 2 is 1.65 bits per heavy atom. The number of carboxylic acid groups (broad SMARTS) is 1. The molecule has 3 N–H and O–H groups in total. The van der Waals surface area contributed by atoms with Gasteiger partial charge in [-0.1, -0.05) is 36.4 Å². The number of carbonyl (C=O) groups excluding carboxylic acids is 1. The number of carboxylic acids is 1. The van der Waals surface area contributed by atoms with Crippen LogP contribution in [0.15, 0.2) is 36.4 Å². The van der Waals surface area contributed by atoms with Crippen LogP contribution in [0, 0.1) is 0 Å². The zero-order chi connectivity index (χ0) is 12.7. The Hall–Kier alpha value is -2.36. The first-order chi connectivity index (χ1) is 8.08. The molecule has 0 aliphatic heterocycles. The number of hydrogen-bond acceptors (Lipinski definition) is 2. The summed E-state index contributed by atoms with van der Waals surface area (Å²) in [6.45, 7) is 0. The van der Waals surface area contributed by atoms with Crippen LogP contribution >= 0.6 is 0 Å². The second-order valence-electron chi connectivity index (χ2n) is 3.41. The topological polar surface area (TPSA) is 80.4 Å². The van der Waals surface area contributed by atoms with E-state index in [1.54, 1.807) is 24.3 Å². The molecule has 0 radical (unpaired) electrons. The highest BCUT2D eigenvalue weighted by molar-refractivity contribution is 5.85. The van der Waals surface area contributed by atoms with Gasteiger partial charge >= 0.3 is 5.97 Å². The molecule has 0 saturated heterocycles. The molecule has 0 heterocycles. The van der Waals surface area contributed by atoms with Crippen molar-refractivity contribution >= 4 is 24.0 Å². The summed E-state index contributed by atoms with van der Waals surface area (Å²) in [7, 11) is 0. The molecule has 1 rings (SSSR count). The van der Waals surface area contributed by atoms with Gasteiger partial charge in [-0.2, -0.15) is 0 Å². The van der Waals surface area contributed by atoms with E-state index in [1.807, 2.05) is 12.1 Å². The molecule has 0 atom stereocenters. The van der Waals surface area contributed by atoms with Crippen LogP contribution in [0.3, 0.4) is 0 Å². The Bertz CT molecular complexity index is 458. The van der Waals surface area contributed by atoms with Gasteiger partial charge in [0.05, 0.1) is 0 Å². The molecule has 88 valence electrons. The van der Waals surface area contributed by atoms with Gasteiger partial charge in [-0.05, 0) is 17.2 Å². The van der Waals surface area contributed by atoms with Crippen LogP contribution in [0.5, 0.6) is 0 Å². The van der Waals surface area contributed by atoms with Crippen LogP contribution in [-0.4, -0.2) is 17.0 Å². The third kappa shape index (κ3) is 5.32. The van der Waals surface area contributed by atoms with Crippen molar-refractivity contribution in [2.75, 3.05) is 0 Å². The van der Waals surface area contributed by atoms with E-state index >= 15 is 0 Å². The van der Waals surface area contributed by atoms with Crippen molar-refractivity contribution in [2.45, 2.75) is 6.42 Å². The quantitative estimate of drug-likeness (QED) is 0.756. The van der Waals surface area contributed by atoms with Gasteiger partial charge < -0.3 is 10.8 Å². The van der Waals surface area contributed by atoms with E-state index in [-0.39, 0.29) is 12.3 Å². The minimum Gasteiger partial charge on any atom is -0.478 e. The fraction of sp³-hybridized carbons (Fsp3) is 0.0769. The smallest absolute Gasteiger partial charge is 0.328 e. The molecular formula is C13H13NO3. The molecule has 0 unspecified atom stereocenters. The average molecular weight is 231 g/mol. The molecular weight excluding hydrogens is 218 g/mol. The molecule has 0 aliphatic rings. The number of amides is 1. The van der Waals surface area contributed by atoms with Crippen molar-refractivity contribution in [3.8, 4) is 0 Å². The van der Waals surface area contributed by atoms with Crippen molar-refractivity contribution in [3.63, 3.8) is 0 Å². The standard InChI is InChI=1S/C13H13NO3/c14-12(15)3-1-2-10-4-6-11(7-5-10)8-9-13(16)17/h1-2,4-9H,3H2,(H2,14,15)(H,16,17)/b2-1?,9-8+. The zero-order valence-corrected chi connectivity index (χ0v) is 9.17. The summed E-state index contributed by atoms with van der Waals surface area (Å²) in [5.41, 5.74) is 6.73. The van der Waals surface area contributed by atoms with Crippen LogP contribution in [0.25, 0.3) is 12.2 Å². The Morgan fingerprint density at radius 1 is 1.12 bits per heavy atom. The summed E-state index contributed by atoms with van der Waals surface area (Å²) < 4.78 is 0. The first-order valence-electron chi connectivity index (χ1n) is 5.04. The van der Waals surface area contributed by atoms with Gasteiger partial charge in [0.1, 0.15) is 0 Å². The second-order valence-corrected chi connectivity index (χ2v) is 3.41. The van der Waals surface area contributed by atoms with Crippen molar-refractivity contribution in [1.82, 2.24) is 0 Å². The lowest BCUT2D eigenvalue weighted by atomic mass is 10.1. The van der Waals surface area contributed by atoms with Gasteiger partial charge in [0.25, 0.3) is 0 Å². The summed E-state index contributed by atoms with van der Waals surface area (Å²) in [5, 5.41) is 8.46. The normalized spacial score (nSPS) is 11.1. The van der Waals surface area contributed by atoms with Crippen molar-refractivity contribution in [1.29, 1.82) is 0 Å². The van der Waals surface area contributed by atoms with E-state index in [0.717, 1.165) is 17.2 Å². The molecule has 1 amide bonds. The number of carbonyl (C=O) groups is 2. The first-order valence-corrected chi connectivity index (χ1v) is 5.04. The number of rotatable bonds is 5. The molecule has 0 bridgehead atoms. The number of benzene rings is 1. The summed E-state index contributed by atoms with van der Waals surface area (Å²) in [6.07, 6.45) is 6.28. The number of hydrogen-bond donors (Lipinski definition) is 2. The van der Waals surface area contributed by atoms with E-state index < -0.39 is 5.97 Å². The molecule has 0 fully saturated rings. The SMILES string of the molecule is NC(=O)CC=Cc1ccc(/C=C/C(=O)O)cc1. The Labute approximate surface area is 99.1 Å². The first kappa shape index (κ1) is 12.7. The lowest BCUT2D eigenvalue weighted by Gasteiger charge is -1.95. The van der Waals surface area contributed by atoms with Gasteiger partial charge in [-0.15, -0.1) is 0 Å². The highest BCUT2D eigenvalue weighted by atomic mass is 16.4. The summed E-state index contributed by atoms with van der Waals surface area (Å²) in [4.78, 5) is 20.8. The Kier molecular flexibility index (Phi) is 4.69. The minimum atomic E-state index is -0.976. The zero-order valence-electron chi connectivity index (χ0n) is 9.17. The highest BCUT2D eigenvalue weighted by Gasteiger charge is 1.91. The third-order valence-electron chi connectivity index (χ3n) is 1.98. The fourth-order valence-electron chi connectivity index (χ4n) is 1.20. The largest absolute Gasteiger partial charge is 0.478 e. The Balaban J connectivity index is 2.65. The van der Waals surface area contributed by atoms with Crippen molar-refractivity contribution in [2.24, 2.45) is 5.73 Å². The van der Waals surface area contributed by atoms with Crippen molar-refractivity contribution < 1.29 is 14.7 Å². The van der Waals surface area contributed by atoms with Crippen LogP contribution < -0.4 is 5.73 Å². The molecule has 1 aromatic carbocycles. The summed E-state index contributed by atoms with van der Waals surface area (Å²) in [6, 6.07) is 7.25. The predicted octanol–water partition coefficient (Wildman–Crippen LogP) is 1.67. The molecule has 0 spiro atoms. The predicted molar refractivity (Wildman–Crippen MR) is 66.0 cm³/mol. The monoisotopic (exact) mass is 231 g/mol. The maximum Gasteiger partial charge on any atom is 0.328 e. The van der Waals surface area contributed by atoms with Crippen molar-refractivity contribution in [3.05, 3.63) is 47.5 Å². The van der Waals surface area contributed by atoms with Gasteiger partial charge in [0.15, 0.2) is 0 Å². The van der Waals surface area contributed by atoms with E-state index in [2.05, 4.69) is 0 Å². The van der Waals surface area contributed by atoms with Gasteiger partial charge in [-0.3, -0.25) is 4.79 Å². The molecule has 0 aliphatic carbocycles. The van der Waals surface area contributed by atoms with E-state index in [4.69, 9.17) is 10.8 Å². The highest BCUT2D eigenvalue weighted by Crippen LogP contribution is 2.08. The van der Waals surface area contributed by atoms with Crippen LogP contribution in [-0.2, 0) is 9.59 Å². The lowest BCUT2D eigenvalue weighted by molar-refractivity contribution is -0.131. The summed E-state index contributed by atoms with van der Waals surface area (Å²) in [5.74, 6) is -1.35. The number of nitrogens with two attached hydrogens (primary N) is 1. The number of primary amides is 1. The third-order valence-corrected chi connectivity index (χ3v) is 1.98. The van der Waals surface area contributed by atoms with Crippen LogP contribution in [0.1, 0.15) is 17.5 Å². The van der Waals surface area contributed by atoms with E-state index in [9.17, 15) is 9.59 Å². The summed E-state index contributed by atoms with van der Waals surface area (Å²) >= 11 is 0. The van der Waals surface area contributed by atoms with Gasteiger partial charge in [0.2, 0.25) is 5.91 Å². The van der Waals surface area contributed by atoms with Gasteiger partial charge in [0, 0.05) is 12.5 Å². The Morgan fingerprint density at radius 3 is 2.12 bits per heavy atom. The maximum atomic E-state index is 10.5. The average Bonchev–Trinajstić information content (AvgIpc) is 2.27.